The second-order valence-electron chi connectivity index (χ2n) is 10.4. The fourth-order valence-corrected chi connectivity index (χ4v) is 11.5. The Balaban J connectivity index is 1.70. The van der Waals surface area contributed by atoms with Crippen LogP contribution in [0.4, 0.5) is 11.4 Å². The Morgan fingerprint density at radius 2 is 0.822 bits per heavy atom. The average Bonchev–Trinajstić information content (AvgIpc) is 3.12. The molecule has 0 unspecified atom stereocenters. The predicted molar refractivity (Wildman–Crippen MR) is 191 cm³/mol. The van der Waals surface area contributed by atoms with E-state index in [1.54, 1.807) is 11.3 Å². The Morgan fingerprint density at radius 1 is 0.422 bits per heavy atom. The molecule has 0 aliphatic carbocycles. The first-order valence-electron chi connectivity index (χ1n) is 14.9. The third-order valence-corrected chi connectivity index (χ3v) is 13.2. The molecule has 216 valence electrons. The van der Waals surface area contributed by atoms with Gasteiger partial charge in [-0.1, -0.05) is 169 Å². The summed E-state index contributed by atoms with van der Waals surface area (Å²) in [4.78, 5) is 16.9. The quantitative estimate of drug-likeness (QED) is 0.103. The number of rotatable bonds is 6. The van der Waals surface area contributed by atoms with Crippen LogP contribution < -0.4 is 25.3 Å². The molecule has 0 bridgehead atoms. The van der Waals surface area contributed by atoms with Crippen molar-refractivity contribution in [3.63, 3.8) is 0 Å². The highest BCUT2D eigenvalue weighted by Crippen LogP contribution is 2.46. The smallest absolute Gasteiger partial charge is 0.161 e. The zero-order chi connectivity index (χ0) is 30.3. The topological polar surface area (TPSA) is 37.1 Å². The highest BCUT2D eigenvalue weighted by Gasteiger charge is 2.29. The van der Waals surface area contributed by atoms with Crippen molar-refractivity contribution in [1.82, 2.24) is 0 Å². The van der Waals surface area contributed by atoms with Crippen molar-refractivity contribution in [3.8, 4) is 0 Å². The average molecular weight is 616 g/mol. The van der Waals surface area contributed by atoms with Crippen LogP contribution in [0.5, 0.6) is 0 Å². The third kappa shape index (κ3) is 5.86. The molecule has 5 heteroatoms. The van der Waals surface area contributed by atoms with E-state index < -0.39 is 6.89 Å². The molecule has 0 atom stereocenters. The summed E-state index contributed by atoms with van der Waals surface area (Å²) in [6.07, 6.45) is 0. The van der Waals surface area contributed by atoms with E-state index in [1.807, 2.05) is 66.7 Å². The van der Waals surface area contributed by atoms with E-state index in [-0.39, 0.29) is 0 Å². The van der Waals surface area contributed by atoms with Gasteiger partial charge in [-0.2, -0.15) is 0 Å². The molecule has 0 radical (unpaired) electrons. The first-order chi connectivity index (χ1) is 22.3. The van der Waals surface area contributed by atoms with E-state index >= 15 is 0 Å². The van der Waals surface area contributed by atoms with Crippen molar-refractivity contribution in [3.05, 3.63) is 202 Å². The summed E-state index contributed by atoms with van der Waals surface area (Å²) < 4.78 is 1.92. The van der Waals surface area contributed by atoms with E-state index in [0.717, 1.165) is 31.2 Å². The van der Waals surface area contributed by atoms with Gasteiger partial charge in [0.2, 0.25) is 0 Å². The normalized spacial score (nSPS) is 12.8. The van der Waals surface area contributed by atoms with Gasteiger partial charge in [0.1, 0.15) is 9.34 Å². The highest BCUT2D eigenvalue weighted by atomic mass is 32.1. The van der Waals surface area contributed by atoms with Crippen LogP contribution in [0.2, 0.25) is 0 Å². The van der Waals surface area contributed by atoms with Crippen LogP contribution >= 0.6 is 18.2 Å². The molecule has 0 saturated heterocycles. The molecular weight excluding hydrogens is 586 g/mol. The molecule has 7 rings (SSSR count). The van der Waals surface area contributed by atoms with Gasteiger partial charge in [0, 0.05) is 5.56 Å². The molecule has 0 amide bonds. The second kappa shape index (κ2) is 13.2. The van der Waals surface area contributed by atoms with Crippen molar-refractivity contribution in [1.29, 1.82) is 0 Å². The van der Waals surface area contributed by atoms with E-state index in [0.29, 0.717) is 5.84 Å². The molecule has 1 heterocycles. The summed E-state index contributed by atoms with van der Waals surface area (Å²) in [7, 11) is 0. The zero-order valence-electron chi connectivity index (χ0n) is 24.5. The van der Waals surface area contributed by atoms with Crippen LogP contribution in [-0.2, 0) is 0 Å². The van der Waals surface area contributed by atoms with E-state index in [1.165, 1.54) is 15.9 Å². The van der Waals surface area contributed by atoms with Gasteiger partial charge in [-0.05, 0) is 47.1 Å². The number of nitrogens with zero attached hydrogens (tertiary/aromatic N) is 3. The predicted octanol–water partition coefficient (Wildman–Crippen LogP) is 8.06. The molecule has 1 aromatic heterocycles. The maximum absolute atomic E-state index is 5.40. The first kappa shape index (κ1) is 28.6. The van der Waals surface area contributed by atoms with Crippen molar-refractivity contribution in [2.24, 2.45) is 15.0 Å². The molecule has 0 aliphatic heterocycles. The van der Waals surface area contributed by atoms with Crippen LogP contribution in [0.25, 0.3) is 0 Å². The van der Waals surface area contributed by atoms with Crippen LogP contribution in [0, 0.1) is 4.94 Å². The molecule has 45 heavy (non-hydrogen) atoms. The molecule has 0 aliphatic rings. The maximum Gasteiger partial charge on any atom is 0.161 e. The van der Waals surface area contributed by atoms with Gasteiger partial charge < -0.3 is 0 Å². The van der Waals surface area contributed by atoms with E-state index in [9.17, 15) is 0 Å². The van der Waals surface area contributed by atoms with Crippen LogP contribution in [0.15, 0.2) is 197 Å². The summed E-state index contributed by atoms with van der Waals surface area (Å²) in [5.41, 5.74) is 2.75. The summed E-state index contributed by atoms with van der Waals surface area (Å²) in [5, 5.41) is 3.77. The van der Waals surface area contributed by atoms with Crippen LogP contribution in [0.3, 0.4) is 0 Å². The van der Waals surface area contributed by atoms with E-state index in [4.69, 9.17) is 15.0 Å². The largest absolute Gasteiger partial charge is 0.237 e. The molecule has 0 N–H and O–H groups in total. The maximum atomic E-state index is 5.40. The van der Waals surface area contributed by atoms with Gasteiger partial charge in [-0.25, -0.2) is 15.0 Å². The fraction of sp³-hybridized carbons (Fsp3) is 0. The standard InChI is InChI=1S/C40H30N3PS/c1-7-19-31(20-8-1)38(41-32-21-9-2-10-22-32)43-40-37(39(45-40)42-33-23-11-3-12-24-33)44(34-25-13-4-14-26-34,35-27-15-5-16-28-35)36-29-17-6-18-30-36/h1-30H. The van der Waals surface area contributed by atoms with Crippen LogP contribution in [-0.4, -0.2) is 5.84 Å². The van der Waals surface area contributed by atoms with Gasteiger partial charge in [-0.3, -0.25) is 0 Å². The SMILES string of the molecule is c1ccc(N=C(N=c2sc(=Nc3ccccc3)c2=P(c2ccccc2)(c2ccccc2)c2ccccc2)c2ccccc2)cc1. The number of hydrogen-bond donors (Lipinski definition) is 0. The first-order valence-corrected chi connectivity index (χ1v) is 17.5. The minimum Gasteiger partial charge on any atom is -0.237 e. The lowest BCUT2D eigenvalue weighted by Crippen LogP contribution is -2.34. The van der Waals surface area contributed by atoms with Gasteiger partial charge in [0.05, 0.1) is 16.3 Å². The lowest BCUT2D eigenvalue weighted by Gasteiger charge is -2.29. The van der Waals surface area contributed by atoms with Gasteiger partial charge in [0.15, 0.2) is 5.84 Å². The molecule has 6 aromatic carbocycles. The lowest BCUT2D eigenvalue weighted by molar-refractivity contribution is 1.32. The van der Waals surface area contributed by atoms with Crippen molar-refractivity contribution < 1.29 is 0 Å². The Labute approximate surface area is 267 Å². The molecular formula is C40H30N3PS. The Hall–Kier alpha value is -5.15. The number of hydrogen-bond acceptors (Lipinski definition) is 3. The molecule has 7 aromatic rings. The van der Waals surface area contributed by atoms with Gasteiger partial charge >= 0.3 is 0 Å². The monoisotopic (exact) mass is 615 g/mol. The summed E-state index contributed by atoms with van der Waals surface area (Å²) in [5.74, 6) is 0.674. The minimum absolute atomic E-state index is 0.674. The highest BCUT2D eigenvalue weighted by molar-refractivity contribution is 7.89. The number of benzene rings is 6. The Morgan fingerprint density at radius 3 is 1.29 bits per heavy atom. The zero-order valence-corrected chi connectivity index (χ0v) is 26.2. The van der Waals surface area contributed by atoms with Crippen LogP contribution in [0.1, 0.15) is 5.56 Å². The fourth-order valence-electron chi connectivity index (χ4n) is 5.54. The summed E-state index contributed by atoms with van der Waals surface area (Å²) in [6.45, 7) is -2.46. The third-order valence-electron chi connectivity index (χ3n) is 7.58. The molecule has 0 saturated carbocycles. The van der Waals surface area contributed by atoms with Crippen molar-refractivity contribution in [2.45, 2.75) is 0 Å². The number of aliphatic imine (C=N–C) groups is 1. The molecule has 0 spiro atoms. The number of amidine groups is 1. The molecule has 0 fully saturated rings. The number of para-hydroxylation sites is 2. The summed E-state index contributed by atoms with van der Waals surface area (Å²) in [6, 6.07) is 63.1. The van der Waals surface area contributed by atoms with E-state index in [2.05, 4.69) is 115 Å². The van der Waals surface area contributed by atoms with Crippen molar-refractivity contribution in [2.75, 3.05) is 0 Å². The van der Waals surface area contributed by atoms with Crippen molar-refractivity contribution >= 4 is 51.3 Å². The van der Waals surface area contributed by atoms with Gasteiger partial charge in [-0.15, -0.1) is 0 Å². The Kier molecular flexibility index (Phi) is 8.41. The Bertz CT molecular complexity index is 2130. The minimum atomic E-state index is -2.46. The van der Waals surface area contributed by atoms with Gasteiger partial charge in [0.25, 0.3) is 0 Å². The summed E-state index contributed by atoms with van der Waals surface area (Å²) >= 11 is 1.63. The second-order valence-corrected chi connectivity index (χ2v) is 14.8. The lowest BCUT2D eigenvalue weighted by atomic mass is 10.2. The molecule has 3 nitrogen and oxygen atoms in total.